The topological polar surface area (TPSA) is 59.4 Å². The molecular weight excluding hydrogens is 323 g/mol. The minimum atomic E-state index is -4.70. The minimum absolute atomic E-state index is 0.136. The molecule has 1 aromatic heterocycles. The highest BCUT2D eigenvalue weighted by molar-refractivity contribution is 5.87. The number of hydrogen-bond acceptors (Lipinski definition) is 3. The first-order chi connectivity index (χ1) is 11.4. The Bertz CT molecular complexity index is 518. The average Bonchev–Trinajstić information content (AvgIpc) is 2.52. The lowest BCUT2D eigenvalue weighted by Crippen LogP contribution is -2.13. The molecule has 1 N–H and O–H groups in total. The lowest BCUT2D eigenvalue weighted by atomic mass is 10.1. The number of rotatable bonds is 11. The van der Waals surface area contributed by atoms with Crippen molar-refractivity contribution in [2.45, 2.75) is 64.5 Å². The molecule has 0 bridgehead atoms. The molecule has 0 aliphatic rings. The van der Waals surface area contributed by atoms with Crippen molar-refractivity contribution in [2.24, 2.45) is 0 Å². The van der Waals surface area contributed by atoms with E-state index in [-0.39, 0.29) is 6.61 Å². The van der Waals surface area contributed by atoms with Gasteiger partial charge in [0, 0.05) is 6.20 Å². The number of unbranched alkanes of at least 4 members (excludes halogenated alkanes) is 7. The van der Waals surface area contributed by atoms with E-state index in [0.717, 1.165) is 25.5 Å². The summed E-state index contributed by atoms with van der Waals surface area (Å²) in [5.74, 6) is -2.02. The number of nitrogens with zero attached hydrogens (tertiary/aromatic N) is 1. The van der Waals surface area contributed by atoms with Gasteiger partial charge in [-0.25, -0.2) is 9.78 Å². The van der Waals surface area contributed by atoms with Gasteiger partial charge in [0.15, 0.2) is 0 Å². The fraction of sp³-hybridized carbons (Fsp3) is 0.647. The van der Waals surface area contributed by atoms with Crippen molar-refractivity contribution in [3.63, 3.8) is 0 Å². The van der Waals surface area contributed by atoms with E-state index in [4.69, 9.17) is 9.84 Å². The molecule has 0 radical (unpaired) electrons. The van der Waals surface area contributed by atoms with Gasteiger partial charge in [-0.05, 0) is 12.5 Å². The van der Waals surface area contributed by atoms with Crippen molar-refractivity contribution in [3.05, 3.63) is 23.4 Å². The number of pyridine rings is 1. The zero-order valence-electron chi connectivity index (χ0n) is 13.9. The normalized spacial score (nSPS) is 11.5. The van der Waals surface area contributed by atoms with Crippen LogP contribution in [0.15, 0.2) is 12.3 Å². The lowest BCUT2D eigenvalue weighted by molar-refractivity contribution is -0.139. The SMILES string of the molecule is CCCCCCCCCCOc1ncc(C(=O)O)cc1C(F)(F)F. The molecule has 1 heterocycles. The van der Waals surface area contributed by atoms with Gasteiger partial charge in [-0.3, -0.25) is 0 Å². The fourth-order valence-electron chi connectivity index (χ4n) is 2.29. The number of halogens is 3. The molecule has 0 amide bonds. The highest BCUT2D eigenvalue weighted by Crippen LogP contribution is 2.35. The van der Waals surface area contributed by atoms with E-state index in [1.54, 1.807) is 0 Å². The second kappa shape index (κ2) is 10.2. The van der Waals surface area contributed by atoms with Crippen molar-refractivity contribution < 1.29 is 27.8 Å². The summed E-state index contributed by atoms with van der Waals surface area (Å²) in [4.78, 5) is 14.3. The maximum atomic E-state index is 13.0. The van der Waals surface area contributed by atoms with E-state index in [2.05, 4.69) is 11.9 Å². The highest BCUT2D eigenvalue weighted by Gasteiger charge is 2.36. The Hall–Kier alpha value is -1.79. The molecule has 7 heteroatoms. The first-order valence-electron chi connectivity index (χ1n) is 8.29. The zero-order chi connectivity index (χ0) is 18.0. The van der Waals surface area contributed by atoms with Crippen LogP contribution in [-0.2, 0) is 6.18 Å². The predicted octanol–water partition coefficient (Wildman–Crippen LogP) is 5.32. The summed E-state index contributed by atoms with van der Waals surface area (Å²) >= 11 is 0. The molecule has 0 aliphatic carbocycles. The van der Waals surface area contributed by atoms with E-state index >= 15 is 0 Å². The third-order valence-electron chi connectivity index (χ3n) is 3.64. The van der Waals surface area contributed by atoms with Gasteiger partial charge in [0.2, 0.25) is 5.88 Å². The monoisotopic (exact) mass is 347 g/mol. The quantitative estimate of drug-likeness (QED) is 0.551. The second-order valence-electron chi connectivity index (χ2n) is 5.70. The van der Waals surface area contributed by atoms with Crippen molar-refractivity contribution >= 4 is 5.97 Å². The van der Waals surface area contributed by atoms with E-state index < -0.39 is 29.2 Å². The van der Waals surface area contributed by atoms with Crippen LogP contribution in [0.4, 0.5) is 13.2 Å². The summed E-state index contributed by atoms with van der Waals surface area (Å²) in [7, 11) is 0. The van der Waals surface area contributed by atoms with Crippen LogP contribution in [0.5, 0.6) is 5.88 Å². The number of aromatic carboxylic acids is 1. The van der Waals surface area contributed by atoms with Gasteiger partial charge in [-0.15, -0.1) is 0 Å². The third kappa shape index (κ3) is 7.19. The van der Waals surface area contributed by atoms with Gasteiger partial charge in [0.25, 0.3) is 0 Å². The molecule has 0 saturated heterocycles. The van der Waals surface area contributed by atoms with E-state index in [1.807, 2.05) is 0 Å². The van der Waals surface area contributed by atoms with Gasteiger partial charge < -0.3 is 9.84 Å². The minimum Gasteiger partial charge on any atom is -0.478 e. The Morgan fingerprint density at radius 3 is 2.25 bits per heavy atom. The lowest BCUT2D eigenvalue weighted by Gasteiger charge is -2.13. The molecule has 0 aliphatic heterocycles. The molecule has 0 aromatic carbocycles. The molecule has 136 valence electrons. The molecular formula is C17H24F3NO3. The number of carboxylic acids is 1. The van der Waals surface area contributed by atoms with Gasteiger partial charge >= 0.3 is 12.1 Å². The zero-order valence-corrected chi connectivity index (χ0v) is 13.9. The average molecular weight is 347 g/mol. The summed E-state index contributed by atoms with van der Waals surface area (Å²) in [6, 6.07) is 0.554. The van der Waals surface area contributed by atoms with Crippen molar-refractivity contribution in [3.8, 4) is 5.88 Å². The van der Waals surface area contributed by atoms with Gasteiger partial charge in [0.05, 0.1) is 12.2 Å². The third-order valence-corrected chi connectivity index (χ3v) is 3.64. The Balaban J connectivity index is 2.43. The van der Waals surface area contributed by atoms with Crippen molar-refractivity contribution in [1.29, 1.82) is 0 Å². The summed E-state index contributed by atoms with van der Waals surface area (Å²) in [5, 5.41) is 8.77. The number of carbonyl (C=O) groups is 1. The predicted molar refractivity (Wildman–Crippen MR) is 84.3 cm³/mol. The molecule has 1 rings (SSSR count). The van der Waals surface area contributed by atoms with Crippen LogP contribution >= 0.6 is 0 Å². The Kier molecular flexibility index (Phi) is 8.57. The van der Waals surface area contributed by atoms with Gasteiger partial charge in [-0.1, -0.05) is 51.9 Å². The number of carboxylic acid groups (broad SMARTS) is 1. The Labute approximate surface area is 140 Å². The van der Waals surface area contributed by atoms with Crippen LogP contribution in [0, 0.1) is 0 Å². The summed E-state index contributed by atoms with van der Waals surface area (Å²) < 4.78 is 44.0. The first kappa shape index (κ1) is 20.3. The molecule has 1 aromatic rings. The van der Waals surface area contributed by atoms with Crippen LogP contribution in [0.25, 0.3) is 0 Å². The smallest absolute Gasteiger partial charge is 0.421 e. The van der Waals surface area contributed by atoms with Crippen LogP contribution in [0.1, 0.15) is 74.2 Å². The van der Waals surface area contributed by atoms with Crippen LogP contribution < -0.4 is 4.74 Å². The summed E-state index contributed by atoms with van der Waals surface area (Å²) in [6.45, 7) is 2.29. The molecule has 0 atom stereocenters. The largest absolute Gasteiger partial charge is 0.478 e. The molecule has 24 heavy (non-hydrogen) atoms. The van der Waals surface area contributed by atoms with Crippen LogP contribution in [0.3, 0.4) is 0 Å². The number of aromatic nitrogens is 1. The summed E-state index contributed by atoms with van der Waals surface area (Å²) in [6.07, 6.45) is 4.71. The molecule has 4 nitrogen and oxygen atoms in total. The first-order valence-corrected chi connectivity index (χ1v) is 8.29. The van der Waals surface area contributed by atoms with E-state index in [9.17, 15) is 18.0 Å². The van der Waals surface area contributed by atoms with Crippen LogP contribution in [-0.4, -0.2) is 22.7 Å². The number of ether oxygens (including phenoxy) is 1. The van der Waals surface area contributed by atoms with E-state index in [1.165, 1.54) is 25.7 Å². The van der Waals surface area contributed by atoms with E-state index in [0.29, 0.717) is 12.5 Å². The highest BCUT2D eigenvalue weighted by atomic mass is 19.4. The standard InChI is InChI=1S/C17H24F3NO3/c1-2-3-4-5-6-7-8-9-10-24-15-14(17(18,19)20)11-13(12-21-15)16(22)23/h11-12H,2-10H2,1H3,(H,22,23). The maximum Gasteiger partial charge on any atom is 0.421 e. The molecule has 0 spiro atoms. The molecule has 0 fully saturated rings. The fourth-order valence-corrected chi connectivity index (χ4v) is 2.29. The van der Waals surface area contributed by atoms with Gasteiger partial charge in [-0.2, -0.15) is 13.2 Å². The molecule has 0 saturated carbocycles. The number of alkyl halides is 3. The Morgan fingerprint density at radius 2 is 1.71 bits per heavy atom. The summed E-state index contributed by atoms with van der Waals surface area (Å²) in [5.41, 5.74) is -1.66. The number of hydrogen-bond donors (Lipinski definition) is 1. The Morgan fingerprint density at radius 1 is 1.12 bits per heavy atom. The van der Waals surface area contributed by atoms with Crippen LogP contribution in [0.2, 0.25) is 0 Å². The van der Waals surface area contributed by atoms with Gasteiger partial charge in [0.1, 0.15) is 5.56 Å². The van der Waals surface area contributed by atoms with Crippen molar-refractivity contribution in [2.75, 3.05) is 6.61 Å². The van der Waals surface area contributed by atoms with Crippen molar-refractivity contribution in [1.82, 2.24) is 4.98 Å². The second-order valence-corrected chi connectivity index (χ2v) is 5.70. The maximum absolute atomic E-state index is 13.0. The molecule has 0 unspecified atom stereocenters.